The van der Waals surface area contributed by atoms with Crippen LogP contribution in [-0.2, 0) is 20.0 Å². The highest BCUT2D eigenvalue weighted by Crippen LogP contribution is 2.27. The van der Waals surface area contributed by atoms with E-state index < -0.39 is 31.9 Å². The van der Waals surface area contributed by atoms with Crippen molar-refractivity contribution in [3.05, 3.63) is 83.9 Å². The molecule has 234 valence electrons. The first-order valence-corrected chi connectivity index (χ1v) is 17.8. The molecule has 10 nitrogen and oxygen atoms in total. The summed E-state index contributed by atoms with van der Waals surface area (Å²) in [5.74, 6) is -0.794. The van der Waals surface area contributed by atoms with E-state index in [9.17, 15) is 26.4 Å². The van der Waals surface area contributed by atoms with E-state index in [1.807, 2.05) is 13.8 Å². The number of carbonyl (C=O) groups excluding carboxylic acids is 2. The van der Waals surface area contributed by atoms with E-state index in [4.69, 9.17) is 0 Å². The van der Waals surface area contributed by atoms with Crippen molar-refractivity contribution in [2.45, 2.75) is 74.2 Å². The first kappa shape index (κ1) is 31.8. The summed E-state index contributed by atoms with van der Waals surface area (Å²) in [7, 11) is -7.25. The van der Waals surface area contributed by atoms with Crippen LogP contribution in [0, 0.1) is 0 Å². The lowest BCUT2D eigenvalue weighted by Gasteiger charge is -2.32. The smallest absolute Gasteiger partial charge is 0.255 e. The molecule has 44 heavy (non-hydrogen) atoms. The van der Waals surface area contributed by atoms with Crippen LogP contribution in [0.15, 0.2) is 82.6 Å². The lowest BCUT2D eigenvalue weighted by molar-refractivity contribution is 0.101. The Morgan fingerprint density at radius 1 is 0.568 bits per heavy atom. The minimum absolute atomic E-state index is 0.0535. The lowest BCUT2D eigenvalue weighted by atomic mass is 10.1. The topological polar surface area (TPSA) is 133 Å². The number of hydrogen-bond donors (Lipinski definition) is 2. The van der Waals surface area contributed by atoms with Crippen molar-refractivity contribution >= 4 is 43.2 Å². The number of anilines is 2. The third-order valence-electron chi connectivity index (χ3n) is 8.33. The summed E-state index contributed by atoms with van der Waals surface area (Å²) in [6.45, 7) is 4.82. The number of benzene rings is 3. The van der Waals surface area contributed by atoms with Crippen LogP contribution in [0.3, 0.4) is 0 Å². The van der Waals surface area contributed by atoms with Gasteiger partial charge in [-0.15, -0.1) is 0 Å². The number of hydrogen-bond acceptors (Lipinski definition) is 6. The molecule has 12 heteroatoms. The summed E-state index contributed by atoms with van der Waals surface area (Å²) in [5.41, 5.74) is 1.61. The third-order valence-corrected chi connectivity index (χ3v) is 12.4. The SMILES string of the molecule is C[C@@H]1CCCCN1S(=O)(=O)c1ccc(C(=O)Nc2ccc(NC(=O)c3ccc(S(=O)(=O)N4CCCC[C@@H]4C)cc3)cc2)cc1. The zero-order valence-corrected chi connectivity index (χ0v) is 26.5. The number of amides is 2. The Hall–Kier alpha value is -3.58. The number of nitrogens with zero attached hydrogens (tertiary/aromatic N) is 2. The molecule has 5 rings (SSSR count). The van der Waals surface area contributed by atoms with Gasteiger partial charge in [-0.25, -0.2) is 16.8 Å². The summed E-state index contributed by atoms with van der Waals surface area (Å²) >= 11 is 0. The molecule has 2 atom stereocenters. The summed E-state index contributed by atoms with van der Waals surface area (Å²) in [6, 6.07) is 18.3. The van der Waals surface area contributed by atoms with Crippen molar-refractivity contribution in [3.8, 4) is 0 Å². The molecule has 0 saturated carbocycles. The van der Waals surface area contributed by atoms with Crippen molar-refractivity contribution in [1.29, 1.82) is 0 Å². The van der Waals surface area contributed by atoms with Crippen molar-refractivity contribution in [1.82, 2.24) is 8.61 Å². The molecule has 2 amide bonds. The Bertz CT molecular complexity index is 1580. The minimum atomic E-state index is -3.62. The molecule has 0 aliphatic carbocycles. The fourth-order valence-corrected chi connectivity index (χ4v) is 9.13. The highest BCUT2D eigenvalue weighted by atomic mass is 32.2. The van der Waals surface area contributed by atoms with Crippen molar-refractivity contribution in [2.75, 3.05) is 23.7 Å². The molecule has 2 aliphatic heterocycles. The van der Waals surface area contributed by atoms with E-state index in [1.54, 1.807) is 24.3 Å². The quantitative estimate of drug-likeness (QED) is 0.343. The molecule has 2 heterocycles. The number of nitrogens with one attached hydrogen (secondary N) is 2. The van der Waals surface area contributed by atoms with Gasteiger partial charge in [0.25, 0.3) is 11.8 Å². The normalized spacial score (nSPS) is 20.1. The zero-order chi connectivity index (χ0) is 31.5. The molecule has 0 spiro atoms. The second kappa shape index (κ2) is 13.2. The fourth-order valence-electron chi connectivity index (χ4n) is 5.73. The first-order chi connectivity index (χ1) is 21.0. The van der Waals surface area contributed by atoms with Gasteiger partial charge in [-0.1, -0.05) is 12.8 Å². The maximum absolute atomic E-state index is 13.1. The monoisotopic (exact) mass is 638 g/mol. The van der Waals surface area contributed by atoms with Gasteiger partial charge in [0, 0.05) is 47.7 Å². The van der Waals surface area contributed by atoms with Crippen LogP contribution in [0.25, 0.3) is 0 Å². The van der Waals surface area contributed by atoms with Crippen LogP contribution < -0.4 is 10.6 Å². The van der Waals surface area contributed by atoms with Gasteiger partial charge in [0.2, 0.25) is 20.0 Å². The predicted octanol–water partition coefficient (Wildman–Crippen LogP) is 5.32. The summed E-state index contributed by atoms with van der Waals surface area (Å²) in [5, 5.41) is 5.55. The maximum atomic E-state index is 13.1. The largest absolute Gasteiger partial charge is 0.322 e. The number of sulfonamides is 2. The van der Waals surface area contributed by atoms with Gasteiger partial charge in [-0.05, 0) is 112 Å². The molecule has 2 saturated heterocycles. The molecule has 0 unspecified atom stereocenters. The van der Waals surface area contributed by atoms with E-state index >= 15 is 0 Å². The summed E-state index contributed by atoms with van der Waals surface area (Å²) < 4.78 is 55.3. The van der Waals surface area contributed by atoms with Crippen LogP contribution in [-0.4, -0.2) is 62.4 Å². The molecule has 0 aromatic heterocycles. The molecule has 2 aliphatic rings. The second-order valence-electron chi connectivity index (χ2n) is 11.5. The highest BCUT2D eigenvalue weighted by Gasteiger charge is 2.32. The van der Waals surface area contributed by atoms with Gasteiger partial charge >= 0.3 is 0 Å². The van der Waals surface area contributed by atoms with E-state index in [-0.39, 0.29) is 21.9 Å². The summed E-state index contributed by atoms with van der Waals surface area (Å²) in [4.78, 5) is 25.9. The number of piperidine rings is 2. The van der Waals surface area contributed by atoms with E-state index in [0.29, 0.717) is 35.6 Å². The van der Waals surface area contributed by atoms with Gasteiger partial charge in [0.15, 0.2) is 0 Å². The average molecular weight is 639 g/mol. The number of rotatable bonds is 8. The Labute approximate surface area is 259 Å². The lowest BCUT2D eigenvalue weighted by Crippen LogP contribution is -2.41. The fraction of sp³-hybridized carbons (Fsp3) is 0.375. The van der Waals surface area contributed by atoms with Crippen molar-refractivity contribution in [3.63, 3.8) is 0 Å². The minimum Gasteiger partial charge on any atom is -0.322 e. The Morgan fingerprint density at radius 3 is 1.23 bits per heavy atom. The van der Waals surface area contributed by atoms with E-state index in [0.717, 1.165) is 38.5 Å². The van der Waals surface area contributed by atoms with Crippen LogP contribution in [0.2, 0.25) is 0 Å². The summed E-state index contributed by atoms with van der Waals surface area (Å²) in [6.07, 6.45) is 5.37. The second-order valence-corrected chi connectivity index (χ2v) is 15.2. The van der Waals surface area contributed by atoms with Gasteiger partial charge in [-0.3, -0.25) is 9.59 Å². The first-order valence-electron chi connectivity index (χ1n) is 14.9. The van der Waals surface area contributed by atoms with E-state index in [1.165, 1.54) is 57.1 Å². The van der Waals surface area contributed by atoms with Gasteiger partial charge in [0.1, 0.15) is 0 Å². The van der Waals surface area contributed by atoms with Crippen molar-refractivity contribution in [2.24, 2.45) is 0 Å². The Morgan fingerprint density at radius 2 is 0.909 bits per heavy atom. The van der Waals surface area contributed by atoms with E-state index in [2.05, 4.69) is 10.6 Å². The van der Waals surface area contributed by atoms with Gasteiger partial charge < -0.3 is 10.6 Å². The molecular formula is C32H38N4O6S2. The van der Waals surface area contributed by atoms with Crippen molar-refractivity contribution < 1.29 is 26.4 Å². The van der Waals surface area contributed by atoms with Crippen LogP contribution in [0.4, 0.5) is 11.4 Å². The molecule has 2 N–H and O–H groups in total. The van der Waals surface area contributed by atoms with Crippen LogP contribution >= 0.6 is 0 Å². The maximum Gasteiger partial charge on any atom is 0.255 e. The molecule has 3 aromatic rings. The van der Waals surface area contributed by atoms with Gasteiger partial charge in [0.05, 0.1) is 9.79 Å². The molecular weight excluding hydrogens is 601 g/mol. The molecule has 2 fully saturated rings. The Balaban J connectivity index is 1.17. The standard InChI is InChI=1S/C32H38N4O6S2/c1-23-7-3-5-21-35(23)43(39,40)29-17-9-25(10-18-29)31(37)33-27-13-15-28(16-14-27)34-32(38)26-11-19-30(20-12-26)44(41,42)36-22-6-4-8-24(36)2/h9-20,23-24H,3-8,21-22H2,1-2H3,(H,33,37)(H,34,38)/t23-,24+. The number of carbonyl (C=O) groups is 2. The van der Waals surface area contributed by atoms with Gasteiger partial charge in [-0.2, -0.15) is 8.61 Å². The molecule has 0 radical (unpaired) electrons. The highest BCUT2D eigenvalue weighted by molar-refractivity contribution is 7.89. The zero-order valence-electron chi connectivity index (χ0n) is 24.9. The van der Waals surface area contributed by atoms with Crippen LogP contribution in [0.1, 0.15) is 73.1 Å². The average Bonchev–Trinajstić information content (AvgIpc) is 3.02. The predicted molar refractivity (Wildman–Crippen MR) is 170 cm³/mol. The van der Waals surface area contributed by atoms with Crippen LogP contribution in [0.5, 0.6) is 0 Å². The Kier molecular flexibility index (Phi) is 9.54. The third kappa shape index (κ3) is 6.88. The molecule has 0 bridgehead atoms. The molecule has 3 aromatic carbocycles.